The molecule has 1 heterocycles. The van der Waals surface area contributed by atoms with Crippen molar-refractivity contribution in [2.24, 2.45) is 0 Å². The number of nitrogen functional groups attached to an aromatic ring is 1. The molecule has 0 aliphatic rings. The highest BCUT2D eigenvalue weighted by Gasteiger charge is 2.07. The highest BCUT2D eigenvalue weighted by Crippen LogP contribution is 2.20. The van der Waals surface area contributed by atoms with Gasteiger partial charge >= 0.3 is 0 Å². The minimum atomic E-state index is 0.472. The molecule has 0 aliphatic heterocycles. The van der Waals surface area contributed by atoms with E-state index in [9.17, 15) is 0 Å². The van der Waals surface area contributed by atoms with Gasteiger partial charge in [-0.1, -0.05) is 30.3 Å². The van der Waals surface area contributed by atoms with E-state index in [1.165, 1.54) is 0 Å². The molecule has 0 fully saturated rings. The van der Waals surface area contributed by atoms with E-state index in [0.717, 1.165) is 22.4 Å². The monoisotopic (exact) mass is 256 g/mol. The average molecular weight is 256 g/mol. The lowest BCUT2D eigenvalue weighted by Crippen LogP contribution is -2.02. The summed E-state index contributed by atoms with van der Waals surface area (Å²) in [6.07, 6.45) is 0. The predicted octanol–water partition coefficient (Wildman–Crippen LogP) is 3.59. The maximum atomic E-state index is 5.95. The van der Waals surface area contributed by atoms with Gasteiger partial charge in [-0.05, 0) is 36.0 Å². The van der Waals surface area contributed by atoms with E-state index in [4.69, 9.17) is 22.4 Å². The molecule has 0 aliphatic carbocycles. The van der Waals surface area contributed by atoms with E-state index in [0.29, 0.717) is 11.4 Å². The summed E-state index contributed by atoms with van der Waals surface area (Å²) in [5, 5.41) is 0. The van der Waals surface area contributed by atoms with Gasteiger partial charge in [0.2, 0.25) is 0 Å². The highest BCUT2D eigenvalue weighted by molar-refractivity contribution is 7.71. The van der Waals surface area contributed by atoms with E-state index >= 15 is 0 Å². The van der Waals surface area contributed by atoms with Gasteiger partial charge in [-0.2, -0.15) is 0 Å². The van der Waals surface area contributed by atoms with Crippen LogP contribution < -0.4 is 5.73 Å². The van der Waals surface area contributed by atoms with Crippen LogP contribution in [0.1, 0.15) is 5.56 Å². The Morgan fingerprint density at radius 1 is 1.06 bits per heavy atom. The minimum Gasteiger partial charge on any atom is -0.429 e. The van der Waals surface area contributed by atoms with E-state index in [-0.39, 0.29) is 0 Å². The van der Waals surface area contributed by atoms with E-state index in [2.05, 4.69) is 0 Å². The van der Waals surface area contributed by atoms with Crippen molar-refractivity contribution in [3.8, 4) is 0 Å². The molecule has 0 amide bonds. The summed E-state index contributed by atoms with van der Waals surface area (Å²) in [5.41, 5.74) is 9.56. The Morgan fingerprint density at radius 3 is 2.61 bits per heavy atom. The molecule has 0 atom stereocenters. The summed E-state index contributed by atoms with van der Waals surface area (Å²) < 4.78 is 7.50. The van der Waals surface area contributed by atoms with Crippen LogP contribution in [-0.2, 0) is 6.54 Å². The number of hydrogen-bond acceptors (Lipinski definition) is 3. The maximum Gasteiger partial charge on any atom is 0.269 e. The molecule has 0 radical (unpaired) electrons. The molecule has 1 aromatic heterocycles. The summed E-state index contributed by atoms with van der Waals surface area (Å²) in [4.78, 5) is 0.472. The molecule has 0 spiro atoms. The summed E-state index contributed by atoms with van der Waals surface area (Å²) in [6.45, 7) is 0.628. The molecule has 3 aromatic rings. The smallest absolute Gasteiger partial charge is 0.269 e. The lowest BCUT2D eigenvalue weighted by atomic mass is 10.2. The highest BCUT2D eigenvalue weighted by atomic mass is 32.1. The molecule has 0 bridgehead atoms. The number of nitrogens with two attached hydrogens (primary N) is 1. The summed E-state index contributed by atoms with van der Waals surface area (Å²) in [7, 11) is 0. The number of nitrogens with zero attached hydrogens (tertiary/aromatic N) is 1. The number of benzene rings is 2. The van der Waals surface area contributed by atoms with Crippen LogP contribution >= 0.6 is 12.2 Å². The number of aromatic nitrogens is 1. The van der Waals surface area contributed by atoms with Crippen molar-refractivity contribution in [2.75, 3.05) is 5.73 Å². The summed E-state index contributed by atoms with van der Waals surface area (Å²) in [6, 6.07) is 15.6. The second-order valence-electron chi connectivity index (χ2n) is 4.12. The van der Waals surface area contributed by atoms with Gasteiger partial charge in [0.25, 0.3) is 4.84 Å². The van der Waals surface area contributed by atoms with Gasteiger partial charge in [0, 0.05) is 5.69 Å². The zero-order chi connectivity index (χ0) is 12.5. The third-order valence-corrected chi connectivity index (χ3v) is 3.26. The Hall–Kier alpha value is -2.07. The third-order valence-electron chi connectivity index (χ3n) is 2.96. The lowest BCUT2D eigenvalue weighted by Gasteiger charge is -2.06. The van der Waals surface area contributed by atoms with Crippen molar-refractivity contribution in [2.45, 2.75) is 6.54 Å². The third kappa shape index (κ3) is 1.80. The van der Waals surface area contributed by atoms with Crippen LogP contribution in [-0.4, -0.2) is 4.57 Å². The first-order valence-electron chi connectivity index (χ1n) is 5.67. The van der Waals surface area contributed by atoms with Gasteiger partial charge in [-0.3, -0.25) is 4.57 Å². The van der Waals surface area contributed by atoms with Gasteiger partial charge in [0.1, 0.15) is 0 Å². The fourth-order valence-corrected chi connectivity index (χ4v) is 2.26. The van der Waals surface area contributed by atoms with Gasteiger partial charge in [0.05, 0.1) is 12.1 Å². The Balaban J connectivity index is 2.13. The summed E-state index contributed by atoms with van der Waals surface area (Å²) >= 11 is 5.25. The first-order valence-corrected chi connectivity index (χ1v) is 6.08. The van der Waals surface area contributed by atoms with E-state index < -0.39 is 0 Å². The minimum absolute atomic E-state index is 0.472. The molecule has 3 nitrogen and oxygen atoms in total. The topological polar surface area (TPSA) is 44.1 Å². The molecule has 4 heteroatoms. The number of rotatable bonds is 2. The van der Waals surface area contributed by atoms with Crippen molar-refractivity contribution in [3.05, 3.63) is 58.9 Å². The standard InChI is InChI=1S/C14H12N2OS/c15-11-6-2-1-5-10(11)9-16-12-7-3-4-8-13(12)17-14(16)18/h1-8H,9,15H2. The number of para-hydroxylation sites is 3. The molecule has 0 saturated heterocycles. The van der Waals surface area contributed by atoms with Crippen LogP contribution in [0.4, 0.5) is 5.69 Å². The van der Waals surface area contributed by atoms with Crippen LogP contribution in [0.15, 0.2) is 52.9 Å². The summed E-state index contributed by atoms with van der Waals surface area (Å²) in [5.74, 6) is 0. The second-order valence-corrected chi connectivity index (χ2v) is 4.47. The van der Waals surface area contributed by atoms with Gasteiger partial charge < -0.3 is 10.2 Å². The van der Waals surface area contributed by atoms with Crippen LogP contribution in [0.25, 0.3) is 11.1 Å². The first kappa shape index (κ1) is 11.0. The number of fused-ring (bicyclic) bond motifs is 1. The largest absolute Gasteiger partial charge is 0.429 e. The SMILES string of the molecule is Nc1ccccc1Cn1c(=S)oc2ccccc21. The molecule has 2 aromatic carbocycles. The van der Waals surface area contributed by atoms with Gasteiger partial charge in [-0.15, -0.1) is 0 Å². The van der Waals surface area contributed by atoms with Crippen LogP contribution in [0, 0.1) is 4.84 Å². The molecule has 0 unspecified atom stereocenters. The van der Waals surface area contributed by atoms with Crippen molar-refractivity contribution < 1.29 is 4.42 Å². The zero-order valence-electron chi connectivity index (χ0n) is 9.67. The van der Waals surface area contributed by atoms with Gasteiger partial charge in [-0.25, -0.2) is 0 Å². The molecule has 2 N–H and O–H groups in total. The van der Waals surface area contributed by atoms with Crippen molar-refractivity contribution in [1.29, 1.82) is 0 Å². The molecule has 0 saturated carbocycles. The molecule has 3 rings (SSSR count). The van der Waals surface area contributed by atoms with E-state index in [1.54, 1.807) is 0 Å². The van der Waals surface area contributed by atoms with Crippen LogP contribution in [0.2, 0.25) is 0 Å². The van der Waals surface area contributed by atoms with Crippen LogP contribution in [0.5, 0.6) is 0 Å². The fraction of sp³-hybridized carbons (Fsp3) is 0.0714. The number of anilines is 1. The molecule has 18 heavy (non-hydrogen) atoms. The number of hydrogen-bond donors (Lipinski definition) is 1. The van der Waals surface area contributed by atoms with Crippen molar-refractivity contribution in [3.63, 3.8) is 0 Å². The van der Waals surface area contributed by atoms with Crippen molar-refractivity contribution >= 4 is 29.0 Å². The normalized spacial score (nSPS) is 10.9. The number of oxazole rings is 1. The second kappa shape index (κ2) is 4.31. The average Bonchev–Trinajstić information content (AvgIpc) is 2.69. The van der Waals surface area contributed by atoms with E-state index in [1.807, 2.05) is 53.1 Å². The molecular formula is C14H12N2OS. The quantitative estimate of drug-likeness (QED) is 0.563. The Morgan fingerprint density at radius 2 is 1.78 bits per heavy atom. The Kier molecular flexibility index (Phi) is 2.64. The lowest BCUT2D eigenvalue weighted by molar-refractivity contribution is 0.549. The van der Waals surface area contributed by atoms with Crippen LogP contribution in [0.3, 0.4) is 0 Å². The van der Waals surface area contributed by atoms with Crippen molar-refractivity contribution in [1.82, 2.24) is 4.57 Å². The van der Waals surface area contributed by atoms with Gasteiger partial charge in [0.15, 0.2) is 5.58 Å². The maximum absolute atomic E-state index is 5.95. The molecule has 90 valence electrons. The zero-order valence-corrected chi connectivity index (χ0v) is 10.5. The Bertz CT molecular complexity index is 758. The Labute approximate surface area is 109 Å². The predicted molar refractivity (Wildman–Crippen MR) is 75.0 cm³/mol. The first-order chi connectivity index (χ1) is 8.75. The molecular weight excluding hydrogens is 244 g/mol. The fourth-order valence-electron chi connectivity index (χ4n) is 2.01.